The van der Waals surface area contributed by atoms with Gasteiger partial charge in [-0.15, -0.1) is 0 Å². The first kappa shape index (κ1) is 19.0. The van der Waals surface area contributed by atoms with Crippen molar-refractivity contribution in [3.8, 4) is 0 Å². The molecule has 2 atom stereocenters. The monoisotopic (exact) mass is 284 g/mol. The maximum absolute atomic E-state index is 11.8. The van der Waals surface area contributed by atoms with Gasteiger partial charge < -0.3 is 15.3 Å². The summed E-state index contributed by atoms with van der Waals surface area (Å²) in [5.74, 6) is -0.176. The largest absolute Gasteiger partial charge is 0.395 e. The van der Waals surface area contributed by atoms with Crippen molar-refractivity contribution < 1.29 is 20.1 Å². The van der Waals surface area contributed by atoms with Crippen LogP contribution in [-0.2, 0) is 4.79 Å². The lowest BCUT2D eigenvalue weighted by Gasteiger charge is -2.23. The van der Waals surface area contributed by atoms with Crippen LogP contribution < -0.4 is 0 Å². The normalized spacial score (nSPS) is 16.8. The molecule has 0 radical (unpaired) electrons. The van der Waals surface area contributed by atoms with E-state index in [1.807, 2.05) is 19.9 Å². The van der Waals surface area contributed by atoms with E-state index in [1.54, 1.807) is 32.9 Å². The Morgan fingerprint density at radius 2 is 1.70 bits per heavy atom. The van der Waals surface area contributed by atoms with Crippen molar-refractivity contribution in [2.24, 2.45) is 10.8 Å². The molecule has 0 bridgehead atoms. The Kier molecular flexibility index (Phi) is 7.34. The zero-order valence-corrected chi connectivity index (χ0v) is 13.1. The van der Waals surface area contributed by atoms with E-state index in [1.165, 1.54) is 6.08 Å². The quantitative estimate of drug-likeness (QED) is 0.594. The van der Waals surface area contributed by atoms with E-state index in [0.29, 0.717) is 0 Å². The molecule has 0 rings (SSSR count). The highest BCUT2D eigenvalue weighted by molar-refractivity contribution is 5.84. The summed E-state index contributed by atoms with van der Waals surface area (Å²) >= 11 is 0. The first-order chi connectivity index (χ1) is 9.03. The molecule has 4 heteroatoms. The predicted octanol–water partition coefficient (Wildman–Crippen LogP) is 1.84. The molecule has 1 unspecified atom stereocenters. The number of Topliss-reactive ketones (excluding diaryl/α,β-unsaturated/α-hetero) is 1. The van der Waals surface area contributed by atoms with Crippen LogP contribution in [0.1, 0.15) is 41.0 Å². The SMILES string of the molecule is C[C@H](O)C(C)(C)/C=C/C=C/C(O)CC(=O)C(C)(C)CO. The van der Waals surface area contributed by atoms with Gasteiger partial charge in [0, 0.05) is 17.3 Å². The third kappa shape index (κ3) is 6.46. The van der Waals surface area contributed by atoms with Gasteiger partial charge in [-0.1, -0.05) is 52.0 Å². The van der Waals surface area contributed by atoms with E-state index in [4.69, 9.17) is 5.11 Å². The van der Waals surface area contributed by atoms with Gasteiger partial charge in [-0.05, 0) is 6.92 Å². The minimum absolute atomic E-state index is 0.0162. The fourth-order valence-corrected chi connectivity index (χ4v) is 1.26. The van der Waals surface area contributed by atoms with E-state index in [2.05, 4.69) is 0 Å². The summed E-state index contributed by atoms with van der Waals surface area (Å²) in [5.41, 5.74) is -1.16. The number of carbonyl (C=O) groups is 1. The number of hydrogen-bond acceptors (Lipinski definition) is 4. The highest BCUT2D eigenvalue weighted by atomic mass is 16.3. The minimum atomic E-state index is -0.868. The summed E-state index contributed by atoms with van der Waals surface area (Å²) in [6.45, 7) is 8.61. The molecule has 0 aliphatic heterocycles. The molecule has 116 valence electrons. The summed E-state index contributed by atoms with van der Waals surface area (Å²) in [6, 6.07) is 0. The zero-order chi connectivity index (χ0) is 16.0. The van der Waals surface area contributed by atoms with Crippen LogP contribution in [0.3, 0.4) is 0 Å². The molecule has 0 saturated carbocycles. The molecule has 20 heavy (non-hydrogen) atoms. The first-order valence-corrected chi connectivity index (χ1v) is 6.89. The second-order valence-electron chi connectivity index (χ2n) is 6.48. The lowest BCUT2D eigenvalue weighted by Crippen LogP contribution is -2.30. The fraction of sp³-hybridized carbons (Fsp3) is 0.688. The van der Waals surface area contributed by atoms with Gasteiger partial charge in [0.15, 0.2) is 0 Å². The summed E-state index contributed by atoms with van der Waals surface area (Å²) in [6.07, 6.45) is 5.43. The van der Waals surface area contributed by atoms with Crippen molar-refractivity contribution in [3.63, 3.8) is 0 Å². The summed E-state index contributed by atoms with van der Waals surface area (Å²) in [4.78, 5) is 11.8. The van der Waals surface area contributed by atoms with Crippen molar-refractivity contribution in [2.45, 2.75) is 53.2 Å². The summed E-state index contributed by atoms with van der Waals surface area (Å²) in [5, 5.41) is 28.4. The molecular weight excluding hydrogens is 256 g/mol. The van der Waals surface area contributed by atoms with Crippen molar-refractivity contribution in [1.29, 1.82) is 0 Å². The number of rotatable bonds is 8. The van der Waals surface area contributed by atoms with Crippen molar-refractivity contribution in [1.82, 2.24) is 0 Å². The molecule has 0 amide bonds. The van der Waals surface area contributed by atoms with Gasteiger partial charge in [-0.2, -0.15) is 0 Å². The van der Waals surface area contributed by atoms with Crippen molar-refractivity contribution in [2.75, 3.05) is 6.61 Å². The number of carbonyl (C=O) groups excluding carboxylic acids is 1. The molecule has 3 N–H and O–H groups in total. The zero-order valence-electron chi connectivity index (χ0n) is 13.1. The van der Waals surface area contributed by atoms with Crippen LogP contribution in [0.4, 0.5) is 0 Å². The average Bonchev–Trinajstić information content (AvgIpc) is 2.34. The third-order valence-electron chi connectivity index (χ3n) is 3.59. The Bertz CT molecular complexity index is 365. The van der Waals surface area contributed by atoms with Gasteiger partial charge in [-0.3, -0.25) is 4.79 Å². The predicted molar refractivity (Wildman–Crippen MR) is 80.2 cm³/mol. The number of aliphatic hydroxyl groups is 3. The van der Waals surface area contributed by atoms with Crippen LogP contribution in [0.2, 0.25) is 0 Å². The average molecular weight is 284 g/mol. The van der Waals surface area contributed by atoms with Crippen LogP contribution in [0, 0.1) is 10.8 Å². The highest BCUT2D eigenvalue weighted by Gasteiger charge is 2.27. The third-order valence-corrected chi connectivity index (χ3v) is 3.59. The van der Waals surface area contributed by atoms with E-state index >= 15 is 0 Å². The number of aliphatic hydroxyl groups excluding tert-OH is 3. The van der Waals surface area contributed by atoms with E-state index in [0.717, 1.165) is 0 Å². The molecule has 0 spiro atoms. The van der Waals surface area contributed by atoms with Gasteiger partial charge in [0.2, 0.25) is 0 Å². The van der Waals surface area contributed by atoms with Crippen LogP contribution >= 0.6 is 0 Å². The lowest BCUT2D eigenvalue weighted by molar-refractivity contribution is -0.130. The maximum atomic E-state index is 11.8. The molecule has 0 aliphatic rings. The van der Waals surface area contributed by atoms with Crippen LogP contribution in [-0.4, -0.2) is 39.9 Å². The standard InChI is InChI=1S/C16H28O4/c1-12(18)15(2,3)9-7-6-8-13(19)10-14(20)16(4,5)11-17/h6-9,12-13,17-19H,10-11H2,1-5H3/b8-6+,9-7+/t12-,13?/m0/s1. The smallest absolute Gasteiger partial charge is 0.143 e. The number of allylic oxidation sites excluding steroid dienone is 2. The first-order valence-electron chi connectivity index (χ1n) is 6.89. The van der Waals surface area contributed by atoms with Gasteiger partial charge >= 0.3 is 0 Å². The molecule has 0 fully saturated rings. The Hall–Kier alpha value is -0.970. The van der Waals surface area contributed by atoms with Gasteiger partial charge in [-0.25, -0.2) is 0 Å². The van der Waals surface area contributed by atoms with Crippen LogP contribution in [0.25, 0.3) is 0 Å². The van der Waals surface area contributed by atoms with Gasteiger partial charge in [0.25, 0.3) is 0 Å². The number of ketones is 1. The van der Waals surface area contributed by atoms with Gasteiger partial charge in [0.1, 0.15) is 5.78 Å². The molecular formula is C16H28O4. The van der Waals surface area contributed by atoms with Crippen LogP contribution in [0.5, 0.6) is 0 Å². The molecule has 4 nitrogen and oxygen atoms in total. The molecule has 0 aromatic carbocycles. The fourth-order valence-electron chi connectivity index (χ4n) is 1.26. The Morgan fingerprint density at radius 1 is 1.15 bits per heavy atom. The Labute approximate surface area is 121 Å². The second kappa shape index (κ2) is 7.72. The number of hydrogen-bond donors (Lipinski definition) is 3. The maximum Gasteiger partial charge on any atom is 0.143 e. The van der Waals surface area contributed by atoms with E-state index < -0.39 is 17.6 Å². The molecule has 0 saturated heterocycles. The van der Waals surface area contributed by atoms with Gasteiger partial charge in [0.05, 0.1) is 18.8 Å². The Morgan fingerprint density at radius 3 is 2.15 bits per heavy atom. The second-order valence-corrected chi connectivity index (χ2v) is 6.48. The Balaban J connectivity index is 4.42. The topological polar surface area (TPSA) is 77.8 Å². The lowest BCUT2D eigenvalue weighted by atomic mass is 9.86. The summed E-state index contributed by atoms with van der Waals surface area (Å²) in [7, 11) is 0. The molecule has 0 aliphatic carbocycles. The minimum Gasteiger partial charge on any atom is -0.395 e. The molecule has 0 heterocycles. The van der Waals surface area contributed by atoms with E-state index in [-0.39, 0.29) is 24.2 Å². The van der Waals surface area contributed by atoms with Crippen molar-refractivity contribution in [3.05, 3.63) is 24.3 Å². The van der Waals surface area contributed by atoms with E-state index in [9.17, 15) is 15.0 Å². The molecule has 0 aromatic rings. The molecule has 0 aromatic heterocycles. The highest BCUT2D eigenvalue weighted by Crippen LogP contribution is 2.22. The summed E-state index contributed by atoms with van der Waals surface area (Å²) < 4.78 is 0. The van der Waals surface area contributed by atoms with Crippen molar-refractivity contribution >= 4 is 5.78 Å². The van der Waals surface area contributed by atoms with Crippen LogP contribution in [0.15, 0.2) is 24.3 Å².